The topological polar surface area (TPSA) is 117 Å². The van der Waals surface area contributed by atoms with Crippen LogP contribution in [0.5, 0.6) is 0 Å². The molecule has 0 spiro atoms. The smallest absolute Gasteiger partial charge is 0.269 e. The minimum atomic E-state index is -4.65. The molecule has 2 aliphatic rings. The summed E-state index contributed by atoms with van der Waals surface area (Å²) in [5, 5.41) is 0.805. The Morgan fingerprint density at radius 3 is 1.89 bits per heavy atom. The maximum absolute atomic E-state index is 15.1. The summed E-state index contributed by atoms with van der Waals surface area (Å²) in [6.45, 7) is 1.84. The molecule has 2 aliphatic heterocycles. The number of carbonyl (C=O) groups is 1. The summed E-state index contributed by atoms with van der Waals surface area (Å²) < 4.78 is 72.2. The van der Waals surface area contributed by atoms with Crippen LogP contribution in [0.3, 0.4) is 0 Å². The summed E-state index contributed by atoms with van der Waals surface area (Å²) >= 11 is 12.4. The van der Waals surface area contributed by atoms with E-state index in [1.54, 1.807) is 55.5 Å². The number of aromatic nitrogens is 1. The van der Waals surface area contributed by atoms with Gasteiger partial charge in [0.25, 0.3) is 21.5 Å². The molecule has 1 fully saturated rings. The minimum Gasteiger partial charge on any atom is -0.336 e. The summed E-state index contributed by atoms with van der Waals surface area (Å²) in [7, 11) is -8.10. The molecule has 10 nitrogen and oxygen atoms in total. The van der Waals surface area contributed by atoms with Gasteiger partial charge in [0.2, 0.25) is 10.0 Å². The monoisotopic (exact) mass is 718 g/mol. The quantitative estimate of drug-likeness (QED) is 0.267. The lowest BCUT2D eigenvalue weighted by Crippen LogP contribution is -2.51. The third-order valence-corrected chi connectivity index (χ3v) is 12.7. The molecule has 47 heavy (non-hydrogen) atoms. The number of hydrogen-bond acceptors (Lipinski definition) is 6. The summed E-state index contributed by atoms with van der Waals surface area (Å²) in [6.07, 6.45) is 0. The Morgan fingerprint density at radius 1 is 0.787 bits per heavy atom. The number of amides is 1. The van der Waals surface area contributed by atoms with Gasteiger partial charge in [-0.05, 0) is 66.6 Å². The van der Waals surface area contributed by atoms with Gasteiger partial charge in [0, 0.05) is 36.2 Å². The molecule has 0 bridgehead atoms. The fraction of sp³-hybridized carbons (Fsp3) is 0.250. The molecule has 4 aromatic rings. The molecule has 2 atom stereocenters. The maximum atomic E-state index is 15.1. The standard InChI is InChI=1S/C32H29Cl2FN4O6S2/c1-2-46(42,43)37-19-17-36(18-20-37)31(40)25-15-16-28-38(32(25)41)29(21-7-11-23(33)12-8-21)30(22-9-13-24(34)14-10-22)39(28)47(44,45)27-6-4-3-5-26(27)35/h3-16,29-30H,2,17-20H2,1H3. The van der Waals surface area contributed by atoms with Gasteiger partial charge in [-0.1, -0.05) is 59.6 Å². The van der Waals surface area contributed by atoms with Crippen LogP contribution in [0.2, 0.25) is 10.0 Å². The second kappa shape index (κ2) is 12.7. The van der Waals surface area contributed by atoms with Crippen molar-refractivity contribution in [3.05, 3.63) is 128 Å². The number of hydrogen-bond donors (Lipinski definition) is 0. The Labute approximate surface area is 281 Å². The van der Waals surface area contributed by atoms with Crippen LogP contribution < -0.4 is 9.86 Å². The van der Waals surface area contributed by atoms with Crippen LogP contribution in [0.1, 0.15) is 40.5 Å². The highest BCUT2D eigenvalue weighted by Crippen LogP contribution is 2.49. The third kappa shape index (κ3) is 5.95. The number of halogens is 3. The Morgan fingerprint density at radius 2 is 1.34 bits per heavy atom. The average molecular weight is 720 g/mol. The van der Waals surface area contributed by atoms with Crippen molar-refractivity contribution < 1.29 is 26.0 Å². The largest absolute Gasteiger partial charge is 0.336 e. The van der Waals surface area contributed by atoms with E-state index < -0.39 is 54.3 Å². The number of pyridine rings is 1. The number of benzene rings is 3. The van der Waals surface area contributed by atoms with Gasteiger partial charge in [0.15, 0.2) is 0 Å². The molecule has 0 saturated carbocycles. The summed E-state index contributed by atoms with van der Waals surface area (Å²) in [5.74, 6) is -1.73. The molecule has 1 saturated heterocycles. The lowest BCUT2D eigenvalue weighted by atomic mass is 9.94. The number of anilines is 1. The molecule has 1 amide bonds. The van der Waals surface area contributed by atoms with Gasteiger partial charge in [-0.2, -0.15) is 4.31 Å². The second-order valence-corrected chi connectivity index (χ2v) is 16.0. The Bertz CT molecular complexity index is 2120. The first-order valence-electron chi connectivity index (χ1n) is 14.7. The van der Waals surface area contributed by atoms with Gasteiger partial charge >= 0.3 is 0 Å². The van der Waals surface area contributed by atoms with Crippen molar-refractivity contribution in [3.63, 3.8) is 0 Å². The average Bonchev–Trinajstić information content (AvgIpc) is 3.42. The second-order valence-electron chi connectivity index (χ2n) is 11.1. The lowest BCUT2D eigenvalue weighted by Gasteiger charge is -2.33. The fourth-order valence-corrected chi connectivity index (χ4v) is 9.14. The number of sulfonamides is 2. The van der Waals surface area contributed by atoms with E-state index in [4.69, 9.17) is 23.2 Å². The van der Waals surface area contributed by atoms with Gasteiger partial charge < -0.3 is 4.90 Å². The predicted octanol–water partition coefficient (Wildman–Crippen LogP) is 4.94. The van der Waals surface area contributed by atoms with Crippen LogP contribution >= 0.6 is 23.2 Å². The molecule has 15 heteroatoms. The van der Waals surface area contributed by atoms with Crippen LogP contribution in [0, 0.1) is 5.82 Å². The van der Waals surface area contributed by atoms with E-state index in [-0.39, 0.29) is 43.3 Å². The van der Waals surface area contributed by atoms with Crippen molar-refractivity contribution in [2.24, 2.45) is 0 Å². The summed E-state index contributed by atoms with van der Waals surface area (Å²) in [5.41, 5.74) is -0.0221. The normalized spacial score (nSPS) is 18.7. The zero-order valence-corrected chi connectivity index (χ0v) is 28.1. The van der Waals surface area contributed by atoms with E-state index in [1.165, 1.54) is 38.0 Å². The molecule has 0 N–H and O–H groups in total. The molecule has 246 valence electrons. The first-order chi connectivity index (χ1) is 22.3. The number of carbonyl (C=O) groups excluding carboxylic acids is 1. The van der Waals surface area contributed by atoms with Crippen LogP contribution in [-0.2, 0) is 20.0 Å². The van der Waals surface area contributed by atoms with Gasteiger partial charge in [0.1, 0.15) is 22.1 Å². The molecule has 2 unspecified atom stereocenters. The number of nitrogens with zero attached hydrogens (tertiary/aromatic N) is 4. The molecule has 6 rings (SSSR count). The maximum Gasteiger partial charge on any atom is 0.269 e. The van der Waals surface area contributed by atoms with Crippen LogP contribution in [-0.4, -0.2) is 68.4 Å². The SMILES string of the molecule is CCS(=O)(=O)N1CCN(C(=O)c2ccc3n(c2=O)C(c2ccc(Cl)cc2)C(c2ccc(Cl)cc2)N3S(=O)(=O)c2ccccc2F)CC1. The van der Waals surface area contributed by atoms with E-state index in [0.717, 1.165) is 16.4 Å². The summed E-state index contributed by atoms with van der Waals surface area (Å²) in [6, 6.07) is 18.4. The van der Waals surface area contributed by atoms with Gasteiger partial charge in [-0.3, -0.25) is 14.2 Å². The van der Waals surface area contributed by atoms with Crippen LogP contribution in [0.25, 0.3) is 0 Å². The third-order valence-electron chi connectivity index (χ3n) is 8.46. The molecule has 0 radical (unpaired) electrons. The van der Waals surface area contributed by atoms with Crippen molar-refractivity contribution in [1.82, 2.24) is 13.8 Å². The van der Waals surface area contributed by atoms with E-state index >= 15 is 4.39 Å². The molecular formula is C32H29Cl2FN4O6S2. The van der Waals surface area contributed by atoms with Gasteiger partial charge in [-0.25, -0.2) is 25.5 Å². The highest BCUT2D eigenvalue weighted by Gasteiger charge is 2.48. The fourth-order valence-electron chi connectivity index (χ4n) is 6.09. The Balaban J connectivity index is 1.53. The molecule has 3 heterocycles. The van der Waals surface area contributed by atoms with Gasteiger partial charge in [-0.15, -0.1) is 0 Å². The molecule has 0 aliphatic carbocycles. The van der Waals surface area contributed by atoms with Crippen molar-refractivity contribution >= 4 is 55.0 Å². The number of rotatable bonds is 7. The Kier molecular flexibility index (Phi) is 8.96. The minimum absolute atomic E-state index is 0.0692. The highest BCUT2D eigenvalue weighted by molar-refractivity contribution is 7.92. The van der Waals surface area contributed by atoms with E-state index in [0.29, 0.717) is 21.2 Å². The van der Waals surface area contributed by atoms with Crippen LogP contribution in [0.4, 0.5) is 10.2 Å². The Hall–Kier alpha value is -3.75. The number of piperazine rings is 1. The lowest BCUT2D eigenvalue weighted by molar-refractivity contribution is 0.0695. The zero-order chi connectivity index (χ0) is 33.7. The van der Waals surface area contributed by atoms with E-state index in [9.17, 15) is 26.4 Å². The van der Waals surface area contributed by atoms with Gasteiger partial charge in [0.05, 0.1) is 17.8 Å². The molecular weight excluding hydrogens is 690 g/mol. The molecule has 3 aromatic carbocycles. The van der Waals surface area contributed by atoms with Crippen LogP contribution in [0.15, 0.2) is 94.6 Å². The first-order valence-corrected chi connectivity index (χ1v) is 18.5. The first kappa shape index (κ1) is 33.2. The highest BCUT2D eigenvalue weighted by atomic mass is 35.5. The summed E-state index contributed by atoms with van der Waals surface area (Å²) in [4.78, 5) is 29.1. The van der Waals surface area contributed by atoms with Crippen molar-refractivity contribution in [2.45, 2.75) is 23.9 Å². The van der Waals surface area contributed by atoms with Crippen molar-refractivity contribution in [1.29, 1.82) is 0 Å². The zero-order valence-electron chi connectivity index (χ0n) is 25.0. The number of fused-ring (bicyclic) bond motifs is 1. The van der Waals surface area contributed by atoms with Crippen molar-refractivity contribution in [3.8, 4) is 0 Å². The van der Waals surface area contributed by atoms with Crippen molar-refractivity contribution in [2.75, 3.05) is 36.2 Å². The molecule has 1 aromatic heterocycles. The predicted molar refractivity (Wildman–Crippen MR) is 177 cm³/mol. The van der Waals surface area contributed by atoms with E-state index in [1.807, 2.05) is 0 Å². The van der Waals surface area contributed by atoms with E-state index in [2.05, 4.69) is 0 Å².